The Morgan fingerprint density at radius 1 is 1.35 bits per heavy atom. The molecule has 1 fully saturated rings. The van der Waals surface area contributed by atoms with Crippen LogP contribution in [-0.2, 0) is 14.3 Å². The second kappa shape index (κ2) is 8.44. The van der Waals surface area contributed by atoms with Gasteiger partial charge in [0.1, 0.15) is 0 Å². The van der Waals surface area contributed by atoms with Crippen molar-refractivity contribution < 1.29 is 14.3 Å². The van der Waals surface area contributed by atoms with Gasteiger partial charge in [-0.2, -0.15) is 0 Å². The topological polar surface area (TPSA) is 73.6 Å². The fourth-order valence-electron chi connectivity index (χ4n) is 2.29. The van der Waals surface area contributed by atoms with E-state index in [0.717, 1.165) is 19.3 Å². The first-order valence-corrected chi connectivity index (χ1v) is 6.34. The lowest BCUT2D eigenvalue weighted by Crippen LogP contribution is -2.36. The molecule has 3 N–H and O–H groups in total. The molecule has 17 heavy (non-hydrogen) atoms. The highest BCUT2D eigenvalue weighted by Crippen LogP contribution is 2.30. The number of nitrogens with one attached hydrogen (secondary N) is 1. The maximum absolute atomic E-state index is 11.9. The molecular formula is C12H24N2O3. The van der Waals surface area contributed by atoms with Gasteiger partial charge in [-0.25, -0.2) is 0 Å². The van der Waals surface area contributed by atoms with Gasteiger partial charge in [-0.1, -0.05) is 6.42 Å². The Labute approximate surface area is 103 Å². The van der Waals surface area contributed by atoms with Crippen LogP contribution in [0.25, 0.3) is 0 Å². The molecule has 0 aliphatic heterocycles. The van der Waals surface area contributed by atoms with Crippen LogP contribution in [0.4, 0.5) is 0 Å². The van der Waals surface area contributed by atoms with Gasteiger partial charge in [0.25, 0.3) is 0 Å². The van der Waals surface area contributed by atoms with Crippen molar-refractivity contribution in [3.05, 3.63) is 0 Å². The van der Waals surface area contributed by atoms with E-state index in [1.54, 1.807) is 7.11 Å². The average Bonchev–Trinajstić information content (AvgIpc) is 2.81. The Morgan fingerprint density at radius 2 is 2.18 bits per heavy atom. The van der Waals surface area contributed by atoms with Crippen molar-refractivity contribution in [1.82, 2.24) is 5.32 Å². The molecule has 0 aromatic carbocycles. The summed E-state index contributed by atoms with van der Waals surface area (Å²) in [5.74, 6) is 0.608. The molecule has 0 heterocycles. The zero-order chi connectivity index (χ0) is 12.5. The van der Waals surface area contributed by atoms with Crippen molar-refractivity contribution in [2.45, 2.75) is 19.3 Å². The minimum Gasteiger partial charge on any atom is -0.382 e. The van der Waals surface area contributed by atoms with Crippen molar-refractivity contribution in [2.75, 3.05) is 40.0 Å². The van der Waals surface area contributed by atoms with Gasteiger partial charge >= 0.3 is 0 Å². The molecule has 2 atom stereocenters. The molecule has 0 spiro atoms. The van der Waals surface area contributed by atoms with E-state index in [4.69, 9.17) is 15.2 Å². The summed E-state index contributed by atoms with van der Waals surface area (Å²) in [6.45, 7) is 2.88. The van der Waals surface area contributed by atoms with Crippen molar-refractivity contribution in [3.63, 3.8) is 0 Å². The molecule has 100 valence electrons. The summed E-state index contributed by atoms with van der Waals surface area (Å²) in [5.41, 5.74) is 5.65. The van der Waals surface area contributed by atoms with Crippen molar-refractivity contribution in [3.8, 4) is 0 Å². The monoisotopic (exact) mass is 244 g/mol. The Balaban J connectivity index is 2.08. The van der Waals surface area contributed by atoms with Gasteiger partial charge in [-0.3, -0.25) is 4.79 Å². The van der Waals surface area contributed by atoms with Crippen LogP contribution in [0.3, 0.4) is 0 Å². The number of carbonyl (C=O) groups excluding carboxylic acids is 1. The third kappa shape index (κ3) is 5.02. The maximum Gasteiger partial charge on any atom is 0.223 e. The normalized spacial score (nSPS) is 23.9. The summed E-state index contributed by atoms with van der Waals surface area (Å²) in [7, 11) is 1.64. The van der Waals surface area contributed by atoms with Crippen LogP contribution in [-0.4, -0.2) is 45.9 Å². The third-order valence-electron chi connectivity index (χ3n) is 3.28. The van der Waals surface area contributed by atoms with Crippen LogP contribution < -0.4 is 11.1 Å². The number of methoxy groups -OCH3 is 1. The molecule has 0 bridgehead atoms. The maximum atomic E-state index is 11.9. The number of ether oxygens (including phenoxy) is 2. The van der Waals surface area contributed by atoms with E-state index in [9.17, 15) is 4.79 Å². The zero-order valence-electron chi connectivity index (χ0n) is 10.6. The highest BCUT2D eigenvalue weighted by molar-refractivity contribution is 5.79. The van der Waals surface area contributed by atoms with E-state index in [-0.39, 0.29) is 11.8 Å². The lowest BCUT2D eigenvalue weighted by molar-refractivity contribution is -0.126. The van der Waals surface area contributed by atoms with Crippen LogP contribution >= 0.6 is 0 Å². The molecule has 1 amide bonds. The first-order chi connectivity index (χ1) is 8.29. The number of rotatable bonds is 8. The number of carbonyl (C=O) groups is 1. The lowest BCUT2D eigenvalue weighted by Gasteiger charge is -2.17. The first kappa shape index (κ1) is 14.4. The largest absolute Gasteiger partial charge is 0.382 e. The van der Waals surface area contributed by atoms with Crippen LogP contribution in [0.5, 0.6) is 0 Å². The molecule has 0 saturated heterocycles. The predicted molar refractivity (Wildman–Crippen MR) is 65.6 cm³/mol. The molecule has 5 heteroatoms. The van der Waals surface area contributed by atoms with Gasteiger partial charge in [-0.15, -0.1) is 0 Å². The molecule has 1 aliphatic carbocycles. The summed E-state index contributed by atoms with van der Waals surface area (Å²) in [6.07, 6.45) is 3.17. The highest BCUT2D eigenvalue weighted by Gasteiger charge is 2.31. The predicted octanol–water partition coefficient (Wildman–Crippen LogP) is 0.141. The number of nitrogens with two attached hydrogens (primary N) is 1. The molecule has 0 radical (unpaired) electrons. The van der Waals surface area contributed by atoms with Crippen LogP contribution in [0.2, 0.25) is 0 Å². The van der Waals surface area contributed by atoms with E-state index in [1.165, 1.54) is 0 Å². The quantitative estimate of drug-likeness (QED) is 0.596. The van der Waals surface area contributed by atoms with Crippen molar-refractivity contribution >= 4 is 5.91 Å². The van der Waals surface area contributed by atoms with Crippen molar-refractivity contribution in [1.29, 1.82) is 0 Å². The zero-order valence-corrected chi connectivity index (χ0v) is 10.6. The van der Waals surface area contributed by atoms with E-state index < -0.39 is 0 Å². The summed E-state index contributed by atoms with van der Waals surface area (Å²) < 4.78 is 10.1. The second-order valence-electron chi connectivity index (χ2n) is 4.43. The standard InChI is InChI=1S/C12H24N2O3/c1-16-7-8-17-6-5-14-12(15)11-4-2-3-10(11)9-13/h10-11H,2-9,13H2,1H3,(H,14,15)/t10-,11-/m1/s1. The first-order valence-electron chi connectivity index (χ1n) is 6.34. The summed E-state index contributed by atoms with van der Waals surface area (Å²) in [5, 5.41) is 2.91. The Morgan fingerprint density at radius 3 is 2.88 bits per heavy atom. The molecule has 5 nitrogen and oxygen atoms in total. The Kier molecular flexibility index (Phi) is 7.16. The van der Waals surface area contributed by atoms with Gasteiger partial charge in [0.2, 0.25) is 5.91 Å². The van der Waals surface area contributed by atoms with E-state index in [2.05, 4.69) is 5.32 Å². The van der Waals surface area contributed by atoms with Gasteiger partial charge < -0.3 is 20.5 Å². The van der Waals surface area contributed by atoms with Gasteiger partial charge in [-0.05, 0) is 25.3 Å². The number of hydrogen-bond donors (Lipinski definition) is 2. The molecule has 1 rings (SSSR count). The molecule has 1 aliphatic rings. The average molecular weight is 244 g/mol. The highest BCUT2D eigenvalue weighted by atomic mass is 16.5. The minimum atomic E-state index is 0.110. The minimum absolute atomic E-state index is 0.110. The second-order valence-corrected chi connectivity index (χ2v) is 4.43. The number of amides is 1. The Bertz CT molecular complexity index is 224. The van der Waals surface area contributed by atoms with Crippen LogP contribution in [0.15, 0.2) is 0 Å². The third-order valence-corrected chi connectivity index (χ3v) is 3.28. The summed E-state index contributed by atoms with van der Waals surface area (Å²) in [4.78, 5) is 11.9. The SMILES string of the molecule is COCCOCCNC(=O)[C@@H]1CCC[C@@H]1CN. The fraction of sp³-hybridized carbons (Fsp3) is 0.917. The smallest absolute Gasteiger partial charge is 0.223 e. The number of hydrogen-bond acceptors (Lipinski definition) is 4. The van der Waals surface area contributed by atoms with E-state index in [0.29, 0.717) is 38.8 Å². The van der Waals surface area contributed by atoms with Gasteiger partial charge in [0, 0.05) is 19.6 Å². The molecule has 1 saturated carbocycles. The summed E-state index contributed by atoms with van der Waals surface area (Å²) in [6, 6.07) is 0. The van der Waals surface area contributed by atoms with E-state index >= 15 is 0 Å². The molecular weight excluding hydrogens is 220 g/mol. The lowest BCUT2D eigenvalue weighted by atomic mass is 9.95. The Hall–Kier alpha value is -0.650. The van der Waals surface area contributed by atoms with Gasteiger partial charge in [0.15, 0.2) is 0 Å². The van der Waals surface area contributed by atoms with Crippen LogP contribution in [0, 0.1) is 11.8 Å². The summed E-state index contributed by atoms with van der Waals surface area (Å²) >= 11 is 0. The van der Waals surface area contributed by atoms with E-state index in [1.807, 2.05) is 0 Å². The fourth-order valence-corrected chi connectivity index (χ4v) is 2.29. The molecule has 0 aromatic rings. The molecule has 0 unspecified atom stereocenters. The van der Waals surface area contributed by atoms with Crippen molar-refractivity contribution in [2.24, 2.45) is 17.6 Å². The van der Waals surface area contributed by atoms with Gasteiger partial charge in [0.05, 0.1) is 19.8 Å². The molecule has 0 aromatic heterocycles. The van der Waals surface area contributed by atoms with Crippen LogP contribution in [0.1, 0.15) is 19.3 Å².